The van der Waals surface area contributed by atoms with Gasteiger partial charge in [0.15, 0.2) is 17.4 Å². The Labute approximate surface area is 298 Å². The van der Waals surface area contributed by atoms with Crippen LogP contribution < -0.4 is 4.74 Å². The molecule has 0 amide bonds. The van der Waals surface area contributed by atoms with Crippen LogP contribution in [-0.4, -0.2) is 18.7 Å². The minimum atomic E-state index is -0.0736. The Morgan fingerprint density at radius 2 is 1.40 bits per heavy atom. The fourth-order valence-corrected chi connectivity index (χ4v) is 6.46. The summed E-state index contributed by atoms with van der Waals surface area (Å²) < 4.78 is 13.3. The topological polar surface area (TPSA) is 36.9 Å². The predicted octanol–water partition coefficient (Wildman–Crippen LogP) is 10.9. The van der Waals surface area contributed by atoms with Crippen LogP contribution in [0.3, 0.4) is 0 Å². The van der Waals surface area contributed by atoms with Crippen LogP contribution in [0, 0.1) is 12.1 Å². The molecule has 0 radical (unpaired) electrons. The standard InChI is InChI=1S/C42H43N4O.Pt/c1-40(2,3)28-22-23-43-38(24-28)46-37-26-31(20-21-32(37)33-16-13-17-34(39(33)46)41(4,5)6)47-30-15-12-14-29(25-30)44-27-45(42(7,8)9)36-19-11-10-18-35(36)44;/h10-24,27H,1-9H3;/q-1;. The van der Waals surface area contributed by atoms with E-state index in [1.165, 1.54) is 22.0 Å². The van der Waals surface area contributed by atoms with Gasteiger partial charge in [0.2, 0.25) is 0 Å². The molecule has 248 valence electrons. The van der Waals surface area contributed by atoms with Crippen molar-refractivity contribution in [2.75, 3.05) is 0 Å². The molecule has 0 aliphatic rings. The van der Waals surface area contributed by atoms with Gasteiger partial charge in [-0.05, 0) is 72.4 Å². The van der Waals surface area contributed by atoms with Crippen molar-refractivity contribution in [1.29, 1.82) is 0 Å². The number of nitrogens with zero attached hydrogens (tertiary/aromatic N) is 4. The first-order valence-electron chi connectivity index (χ1n) is 16.4. The molecule has 0 N–H and O–H groups in total. The number of ether oxygens (including phenoxy) is 1. The second-order valence-electron chi connectivity index (χ2n) is 15.5. The second-order valence-corrected chi connectivity index (χ2v) is 15.5. The number of aromatic nitrogens is 4. The smallest absolute Gasteiger partial charge is 0.188 e. The molecule has 7 rings (SSSR count). The number of imidazole rings is 1. The number of pyridine rings is 1. The van der Waals surface area contributed by atoms with Gasteiger partial charge in [0.05, 0.1) is 5.54 Å². The Kier molecular flexibility index (Phi) is 8.45. The monoisotopic (exact) mass is 814 g/mol. The number of para-hydroxylation sites is 3. The molecular weight excluding hydrogens is 772 g/mol. The van der Waals surface area contributed by atoms with Gasteiger partial charge in [-0.15, -0.1) is 29.7 Å². The van der Waals surface area contributed by atoms with Crippen molar-refractivity contribution in [1.82, 2.24) is 18.7 Å². The van der Waals surface area contributed by atoms with E-state index < -0.39 is 0 Å². The molecule has 6 heteroatoms. The molecular formula is C42H43N4OPt-. The SMILES string of the molecule is CC(C)(C)c1ccnc(-n2c3[c-]c(Oc4[c-]c(-n5[cH+]n(C(C)(C)C)c6ccccc65)ccc4)ccc3c3cccc(C(C)(C)C)c32)c1.[Pt]. The van der Waals surface area contributed by atoms with Crippen LogP contribution in [0.1, 0.15) is 73.4 Å². The Morgan fingerprint density at radius 1 is 0.688 bits per heavy atom. The Bertz CT molecular complexity index is 2290. The molecule has 4 aromatic carbocycles. The summed E-state index contributed by atoms with van der Waals surface area (Å²) in [5, 5.41) is 2.29. The third-order valence-corrected chi connectivity index (χ3v) is 8.91. The zero-order valence-corrected chi connectivity index (χ0v) is 31.5. The minimum Gasteiger partial charge on any atom is -0.508 e. The van der Waals surface area contributed by atoms with Crippen molar-refractivity contribution in [2.45, 2.75) is 78.7 Å². The summed E-state index contributed by atoms with van der Waals surface area (Å²) in [4.78, 5) is 4.91. The van der Waals surface area contributed by atoms with E-state index in [4.69, 9.17) is 9.72 Å². The summed E-state index contributed by atoms with van der Waals surface area (Å²) in [5.74, 6) is 2.13. The maximum Gasteiger partial charge on any atom is 0.188 e. The Morgan fingerprint density at radius 3 is 2.10 bits per heavy atom. The molecule has 0 unspecified atom stereocenters. The van der Waals surface area contributed by atoms with E-state index in [0.29, 0.717) is 11.5 Å². The van der Waals surface area contributed by atoms with Crippen LogP contribution in [0.25, 0.3) is 44.3 Å². The van der Waals surface area contributed by atoms with Gasteiger partial charge in [0.25, 0.3) is 0 Å². The predicted molar refractivity (Wildman–Crippen MR) is 194 cm³/mol. The van der Waals surface area contributed by atoms with E-state index in [-0.39, 0.29) is 37.4 Å². The second kappa shape index (κ2) is 12.0. The summed E-state index contributed by atoms with van der Waals surface area (Å²) in [6.07, 6.45) is 4.07. The van der Waals surface area contributed by atoms with Crippen LogP contribution in [0.5, 0.6) is 11.5 Å². The number of hydrogen-bond acceptors (Lipinski definition) is 2. The van der Waals surface area contributed by atoms with E-state index in [2.05, 4.69) is 161 Å². The first-order chi connectivity index (χ1) is 22.2. The Hall–Kier alpha value is -4.21. The van der Waals surface area contributed by atoms with Gasteiger partial charge >= 0.3 is 0 Å². The van der Waals surface area contributed by atoms with Crippen LogP contribution >= 0.6 is 0 Å². The third-order valence-electron chi connectivity index (χ3n) is 8.91. The van der Waals surface area contributed by atoms with E-state index >= 15 is 0 Å². The quantitative estimate of drug-likeness (QED) is 0.166. The van der Waals surface area contributed by atoms with Gasteiger partial charge in [-0.1, -0.05) is 71.3 Å². The molecule has 7 aromatic rings. The molecule has 0 saturated heterocycles. The average molecular weight is 815 g/mol. The van der Waals surface area contributed by atoms with Crippen LogP contribution in [0.15, 0.2) is 97.5 Å². The van der Waals surface area contributed by atoms with Gasteiger partial charge in [-0.3, -0.25) is 0 Å². The van der Waals surface area contributed by atoms with Crippen LogP contribution in [0.2, 0.25) is 0 Å². The summed E-state index contributed by atoms with van der Waals surface area (Å²) in [6, 6.07) is 36.8. The van der Waals surface area contributed by atoms with E-state index in [0.717, 1.165) is 33.4 Å². The summed E-state index contributed by atoms with van der Waals surface area (Å²) >= 11 is 0. The van der Waals surface area contributed by atoms with Crippen molar-refractivity contribution in [3.05, 3.63) is 121 Å². The van der Waals surface area contributed by atoms with Crippen molar-refractivity contribution in [3.8, 4) is 23.0 Å². The molecule has 3 aromatic heterocycles. The van der Waals surface area contributed by atoms with Crippen molar-refractivity contribution < 1.29 is 25.8 Å². The van der Waals surface area contributed by atoms with Gasteiger partial charge < -0.3 is 9.30 Å². The largest absolute Gasteiger partial charge is 0.508 e. The van der Waals surface area contributed by atoms with Crippen molar-refractivity contribution in [3.63, 3.8) is 0 Å². The summed E-state index contributed by atoms with van der Waals surface area (Å²) in [6.45, 7) is 20.2. The zero-order valence-electron chi connectivity index (χ0n) is 29.3. The van der Waals surface area contributed by atoms with E-state index in [9.17, 15) is 0 Å². The van der Waals surface area contributed by atoms with Gasteiger partial charge in [0, 0.05) is 62.1 Å². The number of benzene rings is 4. The first-order valence-corrected chi connectivity index (χ1v) is 16.4. The maximum absolute atomic E-state index is 6.53. The van der Waals surface area contributed by atoms with Crippen molar-refractivity contribution in [2.24, 2.45) is 0 Å². The van der Waals surface area contributed by atoms with Gasteiger partial charge in [-0.2, -0.15) is 12.1 Å². The molecule has 0 fully saturated rings. The zero-order chi connectivity index (χ0) is 33.3. The number of rotatable bonds is 4. The van der Waals surface area contributed by atoms with E-state index in [1.54, 1.807) is 0 Å². The molecule has 0 aliphatic heterocycles. The van der Waals surface area contributed by atoms with Gasteiger partial charge in [0.1, 0.15) is 5.82 Å². The van der Waals surface area contributed by atoms with E-state index in [1.807, 2.05) is 24.4 Å². The third kappa shape index (κ3) is 5.98. The van der Waals surface area contributed by atoms with Crippen molar-refractivity contribution >= 4 is 32.8 Å². The molecule has 0 saturated carbocycles. The molecule has 5 nitrogen and oxygen atoms in total. The maximum atomic E-state index is 6.53. The average Bonchev–Trinajstić information content (AvgIpc) is 3.57. The molecule has 0 spiro atoms. The summed E-state index contributed by atoms with van der Waals surface area (Å²) in [5.41, 5.74) is 7.62. The summed E-state index contributed by atoms with van der Waals surface area (Å²) in [7, 11) is 0. The molecule has 48 heavy (non-hydrogen) atoms. The number of hydrogen-bond donors (Lipinski definition) is 0. The minimum absolute atomic E-state index is 0. The normalized spacial score (nSPS) is 12.5. The van der Waals surface area contributed by atoms with Gasteiger partial charge in [-0.25, -0.2) is 14.1 Å². The molecule has 0 aliphatic carbocycles. The Balaban J connectivity index is 0.00000401. The molecule has 0 atom stereocenters. The molecule has 3 heterocycles. The van der Waals surface area contributed by atoms with Crippen LogP contribution in [-0.2, 0) is 37.4 Å². The fourth-order valence-electron chi connectivity index (χ4n) is 6.46. The number of fused-ring (bicyclic) bond motifs is 4. The molecule has 0 bridgehead atoms. The first kappa shape index (κ1) is 33.7. The fraction of sp³-hybridized carbons (Fsp3) is 0.286. The van der Waals surface area contributed by atoms with Crippen LogP contribution in [0.4, 0.5) is 0 Å².